The topological polar surface area (TPSA) is 13.1 Å². The van der Waals surface area contributed by atoms with Gasteiger partial charge < -0.3 is 4.42 Å². The summed E-state index contributed by atoms with van der Waals surface area (Å²) in [5.74, 6) is 0.959. The van der Waals surface area contributed by atoms with Crippen molar-refractivity contribution < 1.29 is 4.42 Å². The maximum absolute atomic E-state index is 5.63. The summed E-state index contributed by atoms with van der Waals surface area (Å²) in [6.45, 7) is 1.97. The van der Waals surface area contributed by atoms with Crippen molar-refractivity contribution >= 4 is 11.0 Å². The zero-order valence-corrected chi connectivity index (χ0v) is 9.10. The Balaban J connectivity index is 2.18. The van der Waals surface area contributed by atoms with Crippen molar-refractivity contribution in [3.8, 4) is 11.1 Å². The Hall–Kier alpha value is -2.02. The molecule has 78 valence electrons. The first-order valence-corrected chi connectivity index (χ1v) is 5.38. The molecule has 0 unspecified atom stereocenters. The highest BCUT2D eigenvalue weighted by atomic mass is 16.3. The van der Waals surface area contributed by atoms with Crippen LogP contribution in [-0.4, -0.2) is 0 Å². The van der Waals surface area contributed by atoms with Gasteiger partial charge in [-0.15, -0.1) is 0 Å². The highest BCUT2D eigenvalue weighted by Crippen LogP contribution is 2.26. The van der Waals surface area contributed by atoms with E-state index in [1.54, 1.807) is 0 Å². The number of hydrogen-bond acceptors (Lipinski definition) is 1. The highest BCUT2D eigenvalue weighted by Gasteiger charge is 2.02. The number of fused-ring (bicyclic) bond motifs is 1. The van der Waals surface area contributed by atoms with Crippen LogP contribution in [0.3, 0.4) is 0 Å². The Bertz CT molecular complexity index is 620. The molecule has 0 saturated carbocycles. The minimum Gasteiger partial charge on any atom is -0.461 e. The molecule has 1 heteroatoms. The molecule has 0 atom stereocenters. The maximum Gasteiger partial charge on any atom is 0.134 e. The molecule has 0 aliphatic heterocycles. The van der Waals surface area contributed by atoms with Crippen molar-refractivity contribution in [3.05, 3.63) is 60.4 Å². The van der Waals surface area contributed by atoms with Gasteiger partial charge in [-0.3, -0.25) is 0 Å². The molecule has 1 nitrogen and oxygen atoms in total. The minimum absolute atomic E-state index is 0.957. The van der Waals surface area contributed by atoms with E-state index in [4.69, 9.17) is 4.42 Å². The molecule has 0 fully saturated rings. The molecule has 3 rings (SSSR count). The summed E-state index contributed by atoms with van der Waals surface area (Å²) in [5.41, 5.74) is 3.37. The lowest BCUT2D eigenvalue weighted by Gasteiger charge is -2.00. The van der Waals surface area contributed by atoms with Crippen molar-refractivity contribution in [1.29, 1.82) is 0 Å². The second-order valence-corrected chi connectivity index (χ2v) is 3.98. The van der Waals surface area contributed by atoms with Crippen molar-refractivity contribution in [2.45, 2.75) is 6.92 Å². The first kappa shape index (κ1) is 9.22. The molecule has 0 aliphatic rings. The van der Waals surface area contributed by atoms with Gasteiger partial charge in [0.15, 0.2) is 0 Å². The lowest BCUT2D eigenvalue weighted by atomic mass is 10.0. The van der Waals surface area contributed by atoms with Gasteiger partial charge in [-0.2, -0.15) is 0 Å². The van der Waals surface area contributed by atoms with Crippen LogP contribution >= 0.6 is 0 Å². The summed E-state index contributed by atoms with van der Waals surface area (Å²) in [6, 6.07) is 18.7. The summed E-state index contributed by atoms with van der Waals surface area (Å²) in [7, 11) is 0. The van der Waals surface area contributed by atoms with Gasteiger partial charge >= 0.3 is 0 Å². The monoisotopic (exact) mass is 208 g/mol. The van der Waals surface area contributed by atoms with Gasteiger partial charge in [-0.05, 0) is 30.2 Å². The second kappa shape index (κ2) is 3.53. The summed E-state index contributed by atoms with van der Waals surface area (Å²) in [4.78, 5) is 0. The average molecular weight is 208 g/mol. The van der Waals surface area contributed by atoms with Gasteiger partial charge in [-0.25, -0.2) is 0 Å². The Morgan fingerprint density at radius 1 is 0.812 bits per heavy atom. The zero-order valence-electron chi connectivity index (χ0n) is 9.10. The van der Waals surface area contributed by atoms with Crippen LogP contribution in [0.5, 0.6) is 0 Å². The molecule has 0 saturated heterocycles. The van der Waals surface area contributed by atoms with Gasteiger partial charge in [0.25, 0.3) is 0 Å². The fourth-order valence-electron chi connectivity index (χ4n) is 1.97. The number of benzene rings is 2. The van der Waals surface area contributed by atoms with Crippen LogP contribution < -0.4 is 0 Å². The number of furan rings is 1. The minimum atomic E-state index is 0.957. The van der Waals surface area contributed by atoms with Crippen LogP contribution in [0.4, 0.5) is 0 Å². The predicted molar refractivity (Wildman–Crippen MR) is 66.4 cm³/mol. The Kier molecular flexibility index (Phi) is 2.03. The van der Waals surface area contributed by atoms with E-state index < -0.39 is 0 Å². The lowest BCUT2D eigenvalue weighted by molar-refractivity contribution is 0.578. The standard InChI is InChI=1S/C15H12O/c1-11-9-14-8-7-13(10-15(14)16-11)12-5-3-2-4-6-12/h2-10H,1H3. The normalized spacial score (nSPS) is 10.8. The van der Waals surface area contributed by atoms with Crippen LogP contribution in [0, 0.1) is 6.92 Å². The van der Waals surface area contributed by atoms with E-state index in [0.29, 0.717) is 0 Å². The van der Waals surface area contributed by atoms with Gasteiger partial charge in [0.1, 0.15) is 11.3 Å². The van der Waals surface area contributed by atoms with Crippen LogP contribution in [-0.2, 0) is 0 Å². The third-order valence-electron chi connectivity index (χ3n) is 2.75. The molecule has 0 N–H and O–H groups in total. The molecule has 0 spiro atoms. The highest BCUT2D eigenvalue weighted by molar-refractivity contribution is 5.83. The number of aryl methyl sites for hydroxylation is 1. The first-order valence-electron chi connectivity index (χ1n) is 5.38. The number of rotatable bonds is 1. The lowest BCUT2D eigenvalue weighted by Crippen LogP contribution is -1.75. The van der Waals surface area contributed by atoms with Crippen molar-refractivity contribution in [2.24, 2.45) is 0 Å². The summed E-state index contributed by atoms with van der Waals surface area (Å²) in [5, 5.41) is 1.16. The Labute approximate surface area is 94.3 Å². The van der Waals surface area contributed by atoms with Crippen molar-refractivity contribution in [3.63, 3.8) is 0 Å². The molecule has 1 heterocycles. The average Bonchev–Trinajstić information content (AvgIpc) is 2.69. The molecule has 0 amide bonds. The second-order valence-electron chi connectivity index (χ2n) is 3.98. The van der Waals surface area contributed by atoms with Crippen molar-refractivity contribution in [2.75, 3.05) is 0 Å². The Morgan fingerprint density at radius 2 is 1.62 bits per heavy atom. The Morgan fingerprint density at radius 3 is 2.44 bits per heavy atom. The SMILES string of the molecule is Cc1cc2ccc(-c3ccccc3)cc2o1. The largest absolute Gasteiger partial charge is 0.461 e. The van der Waals surface area contributed by atoms with Gasteiger partial charge in [0.05, 0.1) is 0 Å². The fourth-order valence-corrected chi connectivity index (χ4v) is 1.97. The van der Waals surface area contributed by atoms with E-state index in [1.807, 2.05) is 25.1 Å². The molecule has 3 aromatic rings. The van der Waals surface area contributed by atoms with Crippen LogP contribution in [0.1, 0.15) is 5.76 Å². The van der Waals surface area contributed by atoms with Gasteiger partial charge in [0, 0.05) is 5.39 Å². The van der Waals surface area contributed by atoms with E-state index in [2.05, 4.69) is 36.4 Å². The van der Waals surface area contributed by atoms with E-state index in [0.717, 1.165) is 16.7 Å². The van der Waals surface area contributed by atoms with Crippen molar-refractivity contribution in [1.82, 2.24) is 0 Å². The smallest absolute Gasteiger partial charge is 0.134 e. The maximum atomic E-state index is 5.63. The quantitative estimate of drug-likeness (QED) is 0.577. The summed E-state index contributed by atoms with van der Waals surface area (Å²) in [6.07, 6.45) is 0. The van der Waals surface area contributed by atoms with Gasteiger partial charge in [-0.1, -0.05) is 42.5 Å². The molecule has 0 aliphatic carbocycles. The molecular formula is C15H12O. The molecule has 2 aromatic carbocycles. The molecular weight excluding hydrogens is 196 g/mol. The number of hydrogen-bond donors (Lipinski definition) is 0. The third-order valence-corrected chi connectivity index (χ3v) is 2.75. The molecule has 0 radical (unpaired) electrons. The fraction of sp³-hybridized carbons (Fsp3) is 0.0667. The third kappa shape index (κ3) is 1.50. The van der Waals surface area contributed by atoms with E-state index in [9.17, 15) is 0 Å². The zero-order chi connectivity index (χ0) is 11.0. The van der Waals surface area contributed by atoms with Crippen LogP contribution in [0.2, 0.25) is 0 Å². The predicted octanol–water partition coefficient (Wildman–Crippen LogP) is 4.41. The first-order chi connectivity index (χ1) is 7.83. The van der Waals surface area contributed by atoms with Crippen LogP contribution in [0.15, 0.2) is 59.0 Å². The summed E-state index contributed by atoms with van der Waals surface area (Å²) < 4.78 is 5.63. The van der Waals surface area contributed by atoms with E-state index in [1.165, 1.54) is 11.1 Å². The van der Waals surface area contributed by atoms with E-state index >= 15 is 0 Å². The molecule has 16 heavy (non-hydrogen) atoms. The van der Waals surface area contributed by atoms with Crippen LogP contribution in [0.25, 0.3) is 22.1 Å². The molecule has 1 aromatic heterocycles. The van der Waals surface area contributed by atoms with Gasteiger partial charge in [0.2, 0.25) is 0 Å². The summed E-state index contributed by atoms with van der Waals surface area (Å²) >= 11 is 0. The van der Waals surface area contributed by atoms with E-state index in [-0.39, 0.29) is 0 Å². The molecule has 0 bridgehead atoms.